The van der Waals surface area contributed by atoms with Crippen LogP contribution in [0.1, 0.15) is 29.2 Å². The maximum Gasteiger partial charge on any atom is 0.405 e. The molecule has 1 saturated heterocycles. The zero-order chi connectivity index (χ0) is 42.8. The van der Waals surface area contributed by atoms with Gasteiger partial charge in [0.2, 0.25) is 11.8 Å². The fraction of sp³-hybridized carbons (Fsp3) is 0.405. The number of aliphatic hydroxyl groups is 2. The van der Waals surface area contributed by atoms with Crippen LogP contribution in [0.5, 0.6) is 5.75 Å². The molecule has 5 aromatic rings. The van der Waals surface area contributed by atoms with E-state index in [2.05, 4.69) is 36.4 Å². The Hall–Kier alpha value is -5.14. The highest BCUT2D eigenvalue weighted by atomic mass is 79.9. The van der Waals surface area contributed by atoms with Crippen LogP contribution in [0.4, 0.5) is 13.2 Å². The van der Waals surface area contributed by atoms with E-state index < -0.39 is 48.8 Å². The van der Waals surface area contributed by atoms with E-state index in [4.69, 9.17) is 4.74 Å². The second-order valence-electron chi connectivity index (χ2n) is 15.1. The van der Waals surface area contributed by atoms with Crippen molar-refractivity contribution in [2.75, 3.05) is 39.3 Å². The molecule has 7 rings (SSSR count). The lowest BCUT2D eigenvalue weighted by atomic mass is 9.90. The minimum Gasteiger partial charge on any atom is -0.490 e. The fourth-order valence-corrected chi connectivity index (χ4v) is 7.78. The molecule has 2 aliphatic heterocycles. The molecule has 3 aromatic heterocycles. The van der Waals surface area contributed by atoms with E-state index in [1.807, 2.05) is 73.1 Å². The molecule has 4 N–H and O–H groups in total. The van der Waals surface area contributed by atoms with Crippen LogP contribution in [0.3, 0.4) is 0 Å². The largest absolute Gasteiger partial charge is 0.490 e. The van der Waals surface area contributed by atoms with Gasteiger partial charge >= 0.3 is 6.18 Å². The predicted molar refractivity (Wildman–Crippen MR) is 220 cm³/mol. The van der Waals surface area contributed by atoms with Gasteiger partial charge in [-0.15, -0.1) is 0 Å². The Kier molecular flexibility index (Phi) is 15.1. The van der Waals surface area contributed by atoms with Crippen LogP contribution < -0.4 is 15.4 Å². The third-order valence-corrected chi connectivity index (χ3v) is 10.7. The van der Waals surface area contributed by atoms with E-state index in [0.717, 1.165) is 26.7 Å². The van der Waals surface area contributed by atoms with Crippen molar-refractivity contribution in [1.82, 2.24) is 45.0 Å². The number of β-amino-alcohol motifs (C(OH)–C–C–N with tert-alkyl or cyclic N) is 1. The summed E-state index contributed by atoms with van der Waals surface area (Å²) >= 11 is 3.25. The highest BCUT2D eigenvalue weighted by Gasteiger charge is 2.38. The molecular weight excluding hydrogens is 847 g/mol. The molecule has 0 saturated carbocycles. The minimum absolute atomic E-state index is 0.00413. The molecule has 0 unspecified atom stereocenters. The van der Waals surface area contributed by atoms with E-state index in [9.17, 15) is 33.0 Å². The van der Waals surface area contributed by atoms with Gasteiger partial charge in [0.15, 0.2) is 0 Å². The summed E-state index contributed by atoms with van der Waals surface area (Å²) in [6.07, 6.45) is 4.28. The van der Waals surface area contributed by atoms with Crippen LogP contribution in [0.15, 0.2) is 102 Å². The number of para-hydroxylation sites is 1. The molecule has 1 fully saturated rings. The van der Waals surface area contributed by atoms with Crippen molar-refractivity contribution in [3.63, 3.8) is 0 Å². The van der Waals surface area contributed by atoms with Gasteiger partial charge in [-0.05, 0) is 52.0 Å². The van der Waals surface area contributed by atoms with Crippen molar-refractivity contribution in [1.29, 1.82) is 0 Å². The van der Waals surface area contributed by atoms with Gasteiger partial charge in [0, 0.05) is 94.2 Å². The standard InChI is InChI=1S/C38H44F3N7O5.C4H5BrN2/c1-46-20-29(18-44-46)28-14-26(16-42-17-28)19-47-11-12-48(32(22-47)37(52)43-24-38(39,40)41)21-30(49)15-27(13-25-7-3-2-4-8-25)36(51)45-35-31-9-5-6-10-34(31)53-23-33(35)50;1-7-3-4(5)2-6-7/h2-10,14,16-18,20,27,30,32-33,35,49-50H,11-13,15,19,21-24H2,1H3,(H,43,52)(H,45,51);2-3H,1H3/t27-,30+,32+,33-,35+;/m1./s1. The Labute approximate surface area is 354 Å². The molecule has 5 heterocycles. The van der Waals surface area contributed by atoms with Gasteiger partial charge in [-0.1, -0.05) is 48.5 Å². The summed E-state index contributed by atoms with van der Waals surface area (Å²) in [6, 6.07) is 16.7. The van der Waals surface area contributed by atoms with Crippen LogP contribution in [-0.2, 0) is 36.6 Å². The molecule has 2 amide bonds. The molecule has 2 aliphatic rings. The normalized spacial score (nSPS) is 19.2. The molecule has 0 spiro atoms. The number of halogens is 4. The Balaban J connectivity index is 0.000000782. The van der Waals surface area contributed by atoms with Crippen molar-refractivity contribution in [2.45, 2.75) is 49.9 Å². The first-order valence-corrected chi connectivity index (χ1v) is 20.3. The number of hydrogen-bond donors (Lipinski definition) is 4. The number of carbonyl (C=O) groups is 2. The number of ether oxygens (including phenoxy) is 1. The number of rotatable bonds is 13. The Morgan fingerprint density at radius 2 is 1.68 bits per heavy atom. The number of nitrogens with zero attached hydrogens (tertiary/aromatic N) is 7. The van der Waals surface area contributed by atoms with Crippen molar-refractivity contribution in [3.05, 3.63) is 119 Å². The van der Waals surface area contributed by atoms with E-state index in [-0.39, 0.29) is 38.6 Å². The number of pyridine rings is 1. The summed E-state index contributed by atoms with van der Waals surface area (Å²) in [7, 11) is 3.70. The zero-order valence-electron chi connectivity index (χ0n) is 33.2. The molecule has 0 radical (unpaired) electrons. The molecule has 0 aliphatic carbocycles. The smallest absolute Gasteiger partial charge is 0.405 e. The zero-order valence-corrected chi connectivity index (χ0v) is 34.8. The van der Waals surface area contributed by atoms with E-state index in [1.54, 1.807) is 63.3 Å². The highest BCUT2D eigenvalue weighted by molar-refractivity contribution is 9.10. The van der Waals surface area contributed by atoms with Crippen molar-refractivity contribution in [2.24, 2.45) is 20.0 Å². The summed E-state index contributed by atoms with van der Waals surface area (Å²) in [6.45, 7) is -0.235. The Morgan fingerprint density at radius 1 is 0.950 bits per heavy atom. The molecule has 2 aromatic carbocycles. The molecule has 0 bridgehead atoms. The topological polar surface area (TPSA) is 163 Å². The summed E-state index contributed by atoms with van der Waals surface area (Å²) in [5.41, 5.74) is 4.12. The van der Waals surface area contributed by atoms with E-state index >= 15 is 0 Å². The van der Waals surface area contributed by atoms with Crippen molar-refractivity contribution in [3.8, 4) is 16.9 Å². The SMILES string of the molecule is Cn1cc(-c2cncc(CN3CCN(C[C@@H](O)C[C@@H](Cc4ccccc4)C(=O)N[C@H]4c5ccccc5OC[C@H]4O)[C@H](C(=O)NCC(F)(F)F)C3)c2)cn1.Cn1cc(Br)cn1. The number of fused-ring (bicyclic) bond motifs is 1. The van der Waals surface area contributed by atoms with E-state index in [0.29, 0.717) is 30.8 Å². The molecule has 14 nitrogen and oxygen atoms in total. The fourth-order valence-electron chi connectivity index (χ4n) is 7.39. The molecule has 5 atom stereocenters. The van der Waals surface area contributed by atoms with Crippen LogP contribution in [0, 0.1) is 5.92 Å². The number of aromatic nitrogens is 5. The van der Waals surface area contributed by atoms with Crippen molar-refractivity contribution < 1.29 is 37.7 Å². The number of alkyl halides is 3. The first kappa shape index (κ1) is 44.4. The molecule has 18 heteroatoms. The number of aliphatic hydroxyl groups excluding tert-OH is 2. The van der Waals surface area contributed by atoms with E-state index in [1.165, 1.54) is 0 Å². The lowest BCUT2D eigenvalue weighted by Gasteiger charge is -2.41. The summed E-state index contributed by atoms with van der Waals surface area (Å²) in [4.78, 5) is 35.3. The monoisotopic (exact) mass is 895 g/mol. The van der Waals surface area contributed by atoms with Gasteiger partial charge in [-0.3, -0.25) is 33.7 Å². The number of aryl methyl sites for hydroxylation is 2. The lowest BCUT2D eigenvalue weighted by molar-refractivity contribution is -0.143. The molecule has 60 heavy (non-hydrogen) atoms. The Morgan fingerprint density at radius 3 is 2.37 bits per heavy atom. The van der Waals surface area contributed by atoms with Crippen LogP contribution in [0.25, 0.3) is 11.1 Å². The second kappa shape index (κ2) is 20.4. The summed E-state index contributed by atoms with van der Waals surface area (Å²) in [5, 5.41) is 35.4. The number of carbonyl (C=O) groups excluding carboxylic acids is 2. The van der Waals surface area contributed by atoms with Crippen LogP contribution in [0.2, 0.25) is 0 Å². The summed E-state index contributed by atoms with van der Waals surface area (Å²) < 4.78 is 49.5. The quantitative estimate of drug-likeness (QED) is 0.136. The predicted octanol–water partition coefficient (Wildman–Crippen LogP) is 4.05. The van der Waals surface area contributed by atoms with Crippen molar-refractivity contribution >= 4 is 27.7 Å². The third kappa shape index (κ3) is 12.7. The maximum atomic E-state index is 13.9. The lowest BCUT2D eigenvalue weighted by Crippen LogP contribution is -2.60. The van der Waals surface area contributed by atoms with Crippen LogP contribution >= 0.6 is 15.9 Å². The number of nitrogens with one attached hydrogen (secondary N) is 2. The number of benzene rings is 2. The van der Waals surface area contributed by atoms with Gasteiger partial charge in [0.1, 0.15) is 31.0 Å². The average Bonchev–Trinajstić information content (AvgIpc) is 3.84. The average molecular weight is 897 g/mol. The van der Waals surface area contributed by atoms with Gasteiger partial charge in [0.25, 0.3) is 0 Å². The molecular formula is C42H49BrF3N9O5. The number of hydrogen-bond acceptors (Lipinski definition) is 10. The number of amides is 2. The second-order valence-corrected chi connectivity index (χ2v) is 16.0. The highest BCUT2D eigenvalue weighted by Crippen LogP contribution is 2.33. The van der Waals surface area contributed by atoms with Gasteiger partial charge in [-0.25, -0.2) is 0 Å². The number of piperazine rings is 1. The van der Waals surface area contributed by atoms with Crippen LogP contribution in [-0.4, -0.2) is 120 Å². The van der Waals surface area contributed by atoms with Gasteiger partial charge in [-0.2, -0.15) is 23.4 Å². The Bertz CT molecular complexity index is 2150. The molecule has 320 valence electrons. The van der Waals surface area contributed by atoms with Gasteiger partial charge < -0.3 is 25.6 Å². The summed E-state index contributed by atoms with van der Waals surface area (Å²) in [5.74, 6) is -1.34. The first-order chi connectivity index (χ1) is 28.7. The maximum absolute atomic E-state index is 13.9. The third-order valence-electron chi connectivity index (χ3n) is 10.3. The minimum atomic E-state index is -4.59. The first-order valence-electron chi connectivity index (χ1n) is 19.5. The van der Waals surface area contributed by atoms with Gasteiger partial charge in [0.05, 0.1) is 29.0 Å².